The molecule has 9 rings (SSSR count). The molecular weight excluding hydrogens is 754 g/mol. The molecule has 274 valence electrons. The number of carbonyl (C=O) groups is 2. The van der Waals surface area contributed by atoms with Crippen molar-refractivity contribution in [2.45, 2.75) is 19.8 Å². The van der Waals surface area contributed by atoms with Crippen molar-refractivity contribution in [1.82, 2.24) is 24.8 Å². The molecule has 1 aliphatic heterocycles. The van der Waals surface area contributed by atoms with E-state index in [0.717, 1.165) is 97.2 Å². The molecule has 0 radical (unpaired) electrons. The minimum Gasteiger partial charge on any atom is -0.481 e. The maximum absolute atomic E-state index is 13.9. The summed E-state index contributed by atoms with van der Waals surface area (Å²) < 4.78 is 6.47. The third-order valence-corrected chi connectivity index (χ3v) is 11.4. The Balaban J connectivity index is 1.32. The molecule has 4 heterocycles. The van der Waals surface area contributed by atoms with Crippen LogP contribution in [-0.4, -0.2) is 76.7 Å². The number of likely N-dealkylation sites (N-methyl/N-ethyl adjacent to an activating group) is 1. The van der Waals surface area contributed by atoms with Crippen molar-refractivity contribution in [3.63, 3.8) is 0 Å². The van der Waals surface area contributed by atoms with Gasteiger partial charge >= 0.3 is 0 Å². The van der Waals surface area contributed by atoms with Crippen LogP contribution in [0.15, 0.2) is 95.7 Å². The van der Waals surface area contributed by atoms with Crippen LogP contribution >= 0.6 is 15.9 Å². The summed E-state index contributed by atoms with van der Waals surface area (Å²) in [6.45, 7) is 6.83. The third kappa shape index (κ3) is 5.86. The van der Waals surface area contributed by atoms with E-state index >= 15 is 0 Å². The van der Waals surface area contributed by atoms with E-state index in [2.05, 4.69) is 83.4 Å². The Bertz CT molecular complexity index is 2700. The summed E-state index contributed by atoms with van der Waals surface area (Å²) in [5.74, 6) is 0.253. The smallest absolute Gasteiger partial charge is 0.227 e. The number of nitrogens with one attached hydrogen (secondary N) is 2. The predicted octanol–water partition coefficient (Wildman–Crippen LogP) is 9.01. The van der Waals surface area contributed by atoms with Gasteiger partial charge in [0.05, 0.1) is 23.9 Å². The lowest BCUT2D eigenvalue weighted by Gasteiger charge is -2.35. The average Bonchev–Trinajstić information content (AvgIpc) is 3.73. The molecule has 1 aliphatic carbocycles. The summed E-state index contributed by atoms with van der Waals surface area (Å²) in [4.78, 5) is 50.1. The Morgan fingerprint density at radius 1 is 0.855 bits per heavy atom. The maximum Gasteiger partial charge on any atom is 0.227 e. The molecule has 1 fully saturated rings. The van der Waals surface area contributed by atoms with Crippen LogP contribution in [0.1, 0.15) is 57.2 Å². The molecule has 2 N–H and O–H groups in total. The lowest BCUT2D eigenvalue weighted by Crippen LogP contribution is -2.44. The van der Waals surface area contributed by atoms with E-state index in [-0.39, 0.29) is 17.5 Å². The van der Waals surface area contributed by atoms with E-state index in [1.54, 1.807) is 33.4 Å². The van der Waals surface area contributed by atoms with Gasteiger partial charge in [-0.3, -0.25) is 9.59 Å². The van der Waals surface area contributed by atoms with Crippen molar-refractivity contribution in [1.29, 1.82) is 0 Å². The minimum atomic E-state index is -0.339. The SMILES string of the molecule is COc1ncccc1-c1ccnc(Nc2ccc(N3CCN(C)CC3)cc2C2c3cc(Br)ccc3-c3c(C(C)=O)c(C(C)=O)c4c([nH]c5ccccc54)c32)n1. The quantitative estimate of drug-likeness (QED) is 0.146. The first-order chi connectivity index (χ1) is 26.7. The maximum atomic E-state index is 13.9. The minimum absolute atomic E-state index is 0.147. The second-order valence-corrected chi connectivity index (χ2v) is 15.2. The molecule has 0 bridgehead atoms. The molecule has 0 saturated carbocycles. The van der Waals surface area contributed by atoms with Crippen LogP contribution in [0.4, 0.5) is 17.3 Å². The largest absolute Gasteiger partial charge is 0.481 e. The number of carbonyl (C=O) groups excluding carboxylic acids is 2. The van der Waals surface area contributed by atoms with Crippen molar-refractivity contribution in [3.8, 4) is 28.3 Å². The number of nitrogens with zero attached hydrogens (tertiary/aromatic N) is 5. The second kappa shape index (κ2) is 13.7. The summed E-state index contributed by atoms with van der Waals surface area (Å²) in [6, 6.07) is 26.4. The van der Waals surface area contributed by atoms with Crippen LogP contribution in [0.2, 0.25) is 0 Å². The summed E-state index contributed by atoms with van der Waals surface area (Å²) in [5.41, 5.74) is 10.7. The zero-order chi connectivity index (χ0) is 38.0. The van der Waals surface area contributed by atoms with Gasteiger partial charge in [0, 0.05) is 87.8 Å². The van der Waals surface area contributed by atoms with E-state index < -0.39 is 0 Å². The standard InChI is InChI=1S/C44H38BrN7O3/c1-24(53)36-37(25(2)54)40-29-8-5-6-10-33(29)48-42(40)41-38(31-22-26(45)11-13-28(31)39(36)41)32-23-27(52-20-18-51(3)19-21-52)12-14-34(32)49-44-47-17-15-35(50-44)30-9-7-16-46-43(30)55-4/h5-17,22-23,38,48H,18-21H2,1-4H3,(H,47,49,50). The number of rotatable bonds is 8. The molecule has 1 atom stereocenters. The number of halogens is 1. The number of hydrogen-bond acceptors (Lipinski definition) is 9. The fourth-order valence-electron chi connectivity index (χ4n) is 8.47. The van der Waals surface area contributed by atoms with Crippen molar-refractivity contribution in [2.75, 3.05) is 50.6 Å². The van der Waals surface area contributed by atoms with Gasteiger partial charge in [-0.05, 0) is 103 Å². The first-order valence-corrected chi connectivity index (χ1v) is 19.1. The van der Waals surface area contributed by atoms with Gasteiger partial charge in [0.2, 0.25) is 11.8 Å². The highest BCUT2D eigenvalue weighted by Gasteiger charge is 2.39. The van der Waals surface area contributed by atoms with Gasteiger partial charge < -0.3 is 24.8 Å². The number of anilines is 3. The number of piperazine rings is 1. The molecular formula is C44H38BrN7O3. The molecule has 4 aromatic carbocycles. The zero-order valence-electron chi connectivity index (χ0n) is 30.9. The number of H-pyrrole nitrogens is 1. The molecule has 55 heavy (non-hydrogen) atoms. The van der Waals surface area contributed by atoms with Crippen LogP contribution in [0.5, 0.6) is 5.88 Å². The first kappa shape index (κ1) is 34.8. The molecule has 2 aliphatic rings. The van der Waals surface area contributed by atoms with E-state index in [1.165, 1.54) is 0 Å². The van der Waals surface area contributed by atoms with E-state index in [4.69, 9.17) is 9.72 Å². The highest BCUT2D eigenvalue weighted by atomic mass is 79.9. The Morgan fingerprint density at radius 3 is 2.44 bits per heavy atom. The lowest BCUT2D eigenvalue weighted by atomic mass is 9.83. The summed E-state index contributed by atoms with van der Waals surface area (Å²) in [5, 5.41) is 5.28. The van der Waals surface area contributed by atoms with Crippen LogP contribution in [0.25, 0.3) is 44.2 Å². The van der Waals surface area contributed by atoms with Crippen LogP contribution in [0.3, 0.4) is 0 Å². The number of para-hydroxylation sites is 1. The molecule has 0 spiro atoms. The van der Waals surface area contributed by atoms with Gasteiger partial charge in [-0.25, -0.2) is 15.0 Å². The second-order valence-electron chi connectivity index (χ2n) is 14.2. The zero-order valence-corrected chi connectivity index (χ0v) is 32.5. The van der Waals surface area contributed by atoms with Crippen molar-refractivity contribution < 1.29 is 14.3 Å². The molecule has 3 aromatic heterocycles. The summed E-state index contributed by atoms with van der Waals surface area (Å²) >= 11 is 3.78. The van der Waals surface area contributed by atoms with Gasteiger partial charge in [0.1, 0.15) is 0 Å². The fraction of sp³-hybridized carbons (Fsp3) is 0.205. The van der Waals surface area contributed by atoms with Crippen LogP contribution in [-0.2, 0) is 0 Å². The first-order valence-electron chi connectivity index (χ1n) is 18.3. The normalized spacial score (nSPS) is 15.3. The van der Waals surface area contributed by atoms with Crippen molar-refractivity contribution >= 4 is 66.6 Å². The number of pyridine rings is 1. The van der Waals surface area contributed by atoms with Crippen molar-refractivity contribution in [2.24, 2.45) is 0 Å². The Kier molecular flexibility index (Phi) is 8.70. The number of ketones is 2. The van der Waals surface area contributed by atoms with Gasteiger partial charge in [-0.1, -0.05) is 40.2 Å². The number of benzene rings is 4. The number of Topliss-reactive ketones (excluding diaryl/α,β-unsaturated/α-hetero) is 2. The van der Waals surface area contributed by atoms with Crippen LogP contribution in [0, 0.1) is 0 Å². The highest BCUT2D eigenvalue weighted by Crippen LogP contribution is 2.56. The molecule has 7 aromatic rings. The number of fused-ring (bicyclic) bond motifs is 7. The monoisotopic (exact) mass is 791 g/mol. The molecule has 0 amide bonds. The molecule has 1 unspecified atom stereocenters. The Hall–Kier alpha value is -5.91. The van der Waals surface area contributed by atoms with Crippen LogP contribution < -0.4 is 15.0 Å². The van der Waals surface area contributed by atoms with Gasteiger partial charge in [0.25, 0.3) is 0 Å². The number of aromatic nitrogens is 4. The number of ether oxygens (including phenoxy) is 1. The Morgan fingerprint density at radius 2 is 1.65 bits per heavy atom. The van der Waals surface area contributed by atoms with Gasteiger partial charge in [0.15, 0.2) is 11.6 Å². The average molecular weight is 793 g/mol. The third-order valence-electron chi connectivity index (χ3n) is 10.9. The number of methoxy groups -OCH3 is 1. The summed E-state index contributed by atoms with van der Waals surface area (Å²) in [7, 11) is 3.75. The lowest BCUT2D eigenvalue weighted by molar-refractivity contribution is 0.0982. The van der Waals surface area contributed by atoms with E-state index in [9.17, 15) is 9.59 Å². The number of aromatic amines is 1. The van der Waals surface area contributed by atoms with Crippen molar-refractivity contribution in [3.05, 3.63) is 124 Å². The van der Waals surface area contributed by atoms with Gasteiger partial charge in [-0.2, -0.15) is 0 Å². The summed E-state index contributed by atoms with van der Waals surface area (Å²) in [6.07, 6.45) is 3.41. The van der Waals surface area contributed by atoms with Gasteiger partial charge in [-0.15, -0.1) is 0 Å². The highest BCUT2D eigenvalue weighted by molar-refractivity contribution is 9.10. The van der Waals surface area contributed by atoms with E-state index in [0.29, 0.717) is 28.6 Å². The topological polar surface area (TPSA) is 116 Å². The fourth-order valence-corrected chi connectivity index (χ4v) is 8.85. The Labute approximate surface area is 326 Å². The predicted molar refractivity (Wildman–Crippen MR) is 221 cm³/mol. The molecule has 11 heteroatoms. The number of hydrogen-bond donors (Lipinski definition) is 2. The van der Waals surface area contributed by atoms with E-state index in [1.807, 2.05) is 48.5 Å². The molecule has 10 nitrogen and oxygen atoms in total. The molecule has 1 saturated heterocycles.